The lowest BCUT2D eigenvalue weighted by Crippen LogP contribution is -2.19. The Morgan fingerprint density at radius 2 is 2.06 bits per heavy atom. The van der Waals surface area contributed by atoms with E-state index < -0.39 is 0 Å². The lowest BCUT2D eigenvalue weighted by Gasteiger charge is -2.21. The van der Waals surface area contributed by atoms with Crippen molar-refractivity contribution in [2.24, 2.45) is 11.7 Å². The molecule has 1 aromatic rings. The fourth-order valence-electron chi connectivity index (χ4n) is 1.53. The Hall–Kier alpha value is -0.250. The summed E-state index contributed by atoms with van der Waals surface area (Å²) < 4.78 is 6.35. The van der Waals surface area contributed by atoms with Crippen molar-refractivity contribution in [2.45, 2.75) is 26.3 Å². The molecule has 0 fully saturated rings. The van der Waals surface area contributed by atoms with Gasteiger partial charge in [0.05, 0.1) is 7.11 Å². The first-order valence-corrected chi connectivity index (χ1v) is 5.98. The first-order valence-electron chi connectivity index (χ1n) is 5.19. The van der Waals surface area contributed by atoms with Crippen LogP contribution in [0.2, 0.25) is 0 Å². The third kappa shape index (κ3) is 3.65. The molecule has 92 valence electrons. The molecule has 0 aliphatic carbocycles. The van der Waals surface area contributed by atoms with Crippen LogP contribution in [-0.4, -0.2) is 7.11 Å². The zero-order chi connectivity index (χ0) is 11.4. The van der Waals surface area contributed by atoms with Gasteiger partial charge in [0, 0.05) is 16.1 Å². The summed E-state index contributed by atoms with van der Waals surface area (Å²) in [5, 5.41) is 0. The van der Waals surface area contributed by atoms with Gasteiger partial charge in [-0.3, -0.25) is 0 Å². The van der Waals surface area contributed by atoms with E-state index in [9.17, 15) is 0 Å². The topological polar surface area (TPSA) is 35.2 Å². The molecule has 0 bridgehead atoms. The Balaban J connectivity index is 0.00000225. The van der Waals surface area contributed by atoms with Crippen LogP contribution in [0.3, 0.4) is 0 Å². The van der Waals surface area contributed by atoms with Crippen LogP contribution in [0.1, 0.15) is 31.9 Å². The number of ether oxygens (including phenoxy) is 1. The van der Waals surface area contributed by atoms with Crippen LogP contribution in [0, 0.1) is 5.92 Å². The van der Waals surface area contributed by atoms with Gasteiger partial charge in [0.2, 0.25) is 0 Å². The molecule has 0 spiro atoms. The average Bonchev–Trinajstić information content (AvgIpc) is 2.27. The van der Waals surface area contributed by atoms with Crippen molar-refractivity contribution in [1.82, 2.24) is 0 Å². The molecule has 0 aliphatic heterocycles. The zero-order valence-corrected chi connectivity index (χ0v) is 12.3. The Morgan fingerprint density at radius 1 is 1.44 bits per heavy atom. The largest absolute Gasteiger partial charge is 0.496 e. The van der Waals surface area contributed by atoms with Crippen LogP contribution in [0.25, 0.3) is 0 Å². The van der Waals surface area contributed by atoms with Gasteiger partial charge in [-0.05, 0) is 24.1 Å². The Morgan fingerprint density at radius 3 is 2.56 bits per heavy atom. The van der Waals surface area contributed by atoms with Crippen molar-refractivity contribution >= 4 is 28.3 Å². The fourth-order valence-corrected chi connectivity index (χ4v) is 1.90. The lowest BCUT2D eigenvalue weighted by atomic mass is 9.93. The standard InChI is InChI=1S/C12H18BrNO.ClH/c1-4-8(2)12(14)10-7-9(13)5-6-11(10)15-3;/h5-8,12H,4,14H2,1-3H3;1H/t8?,12-;/m0./s1. The highest BCUT2D eigenvalue weighted by atomic mass is 79.9. The molecular formula is C12H19BrClNO. The highest BCUT2D eigenvalue weighted by Gasteiger charge is 2.17. The van der Waals surface area contributed by atoms with E-state index in [0.29, 0.717) is 5.92 Å². The highest BCUT2D eigenvalue weighted by Crippen LogP contribution is 2.31. The lowest BCUT2D eigenvalue weighted by molar-refractivity contribution is 0.388. The summed E-state index contributed by atoms with van der Waals surface area (Å²) >= 11 is 3.45. The van der Waals surface area contributed by atoms with Gasteiger partial charge in [0.1, 0.15) is 5.75 Å². The molecule has 2 atom stereocenters. The third-order valence-corrected chi connectivity index (χ3v) is 3.30. The molecule has 0 saturated carbocycles. The minimum atomic E-state index is 0. The van der Waals surface area contributed by atoms with Gasteiger partial charge in [-0.1, -0.05) is 36.2 Å². The van der Waals surface area contributed by atoms with Gasteiger partial charge < -0.3 is 10.5 Å². The van der Waals surface area contributed by atoms with Crippen LogP contribution in [0.5, 0.6) is 5.75 Å². The average molecular weight is 309 g/mol. The number of hydrogen-bond acceptors (Lipinski definition) is 2. The van der Waals surface area contributed by atoms with Gasteiger partial charge in [-0.25, -0.2) is 0 Å². The van der Waals surface area contributed by atoms with Crippen molar-refractivity contribution in [1.29, 1.82) is 0 Å². The summed E-state index contributed by atoms with van der Waals surface area (Å²) in [4.78, 5) is 0. The van der Waals surface area contributed by atoms with E-state index >= 15 is 0 Å². The molecule has 2 N–H and O–H groups in total. The van der Waals surface area contributed by atoms with E-state index in [0.717, 1.165) is 22.2 Å². The van der Waals surface area contributed by atoms with Crippen LogP contribution in [0.4, 0.5) is 0 Å². The minimum Gasteiger partial charge on any atom is -0.496 e. The second kappa shape index (κ2) is 7.15. The first kappa shape index (κ1) is 15.8. The minimum absolute atomic E-state index is 0. The zero-order valence-electron chi connectivity index (χ0n) is 9.87. The number of methoxy groups -OCH3 is 1. The van der Waals surface area contributed by atoms with E-state index in [1.54, 1.807) is 7.11 Å². The molecule has 0 radical (unpaired) electrons. The molecule has 0 aliphatic rings. The second-order valence-electron chi connectivity index (χ2n) is 3.80. The summed E-state index contributed by atoms with van der Waals surface area (Å²) in [5.41, 5.74) is 7.26. The molecule has 1 aromatic carbocycles. The Kier molecular flexibility index (Phi) is 7.04. The van der Waals surface area contributed by atoms with E-state index in [4.69, 9.17) is 10.5 Å². The van der Waals surface area contributed by atoms with Crippen molar-refractivity contribution < 1.29 is 4.74 Å². The van der Waals surface area contributed by atoms with Crippen molar-refractivity contribution in [3.63, 3.8) is 0 Å². The second-order valence-corrected chi connectivity index (χ2v) is 4.71. The summed E-state index contributed by atoms with van der Waals surface area (Å²) in [5.74, 6) is 1.32. The third-order valence-electron chi connectivity index (χ3n) is 2.81. The van der Waals surface area contributed by atoms with Gasteiger partial charge >= 0.3 is 0 Å². The predicted molar refractivity (Wildman–Crippen MR) is 74.3 cm³/mol. The fraction of sp³-hybridized carbons (Fsp3) is 0.500. The normalized spacial score (nSPS) is 13.8. The smallest absolute Gasteiger partial charge is 0.123 e. The van der Waals surface area contributed by atoms with Crippen LogP contribution < -0.4 is 10.5 Å². The highest BCUT2D eigenvalue weighted by molar-refractivity contribution is 9.10. The molecule has 0 amide bonds. The number of hydrogen-bond donors (Lipinski definition) is 1. The molecule has 0 aromatic heterocycles. The SMILES string of the molecule is CCC(C)[C@H](N)c1cc(Br)ccc1OC.Cl. The molecule has 0 saturated heterocycles. The van der Waals surface area contributed by atoms with Crippen molar-refractivity contribution in [3.05, 3.63) is 28.2 Å². The monoisotopic (exact) mass is 307 g/mol. The number of benzene rings is 1. The van der Waals surface area contributed by atoms with Gasteiger partial charge in [0.25, 0.3) is 0 Å². The molecule has 0 heterocycles. The molecule has 2 nitrogen and oxygen atoms in total. The van der Waals surface area contributed by atoms with E-state index in [1.165, 1.54) is 0 Å². The van der Waals surface area contributed by atoms with Crippen LogP contribution in [0.15, 0.2) is 22.7 Å². The maximum Gasteiger partial charge on any atom is 0.123 e. The van der Waals surface area contributed by atoms with Gasteiger partial charge in [-0.15, -0.1) is 12.4 Å². The molecular weight excluding hydrogens is 289 g/mol. The number of halogens is 2. The quantitative estimate of drug-likeness (QED) is 0.915. The molecule has 4 heteroatoms. The summed E-state index contributed by atoms with van der Waals surface area (Å²) in [7, 11) is 1.68. The summed E-state index contributed by atoms with van der Waals surface area (Å²) in [6.07, 6.45) is 1.07. The Bertz CT molecular complexity index is 333. The molecule has 16 heavy (non-hydrogen) atoms. The van der Waals surface area contributed by atoms with Crippen LogP contribution in [-0.2, 0) is 0 Å². The number of rotatable bonds is 4. The van der Waals surface area contributed by atoms with Crippen molar-refractivity contribution in [2.75, 3.05) is 7.11 Å². The maximum absolute atomic E-state index is 6.19. The van der Waals surface area contributed by atoms with Gasteiger partial charge in [-0.2, -0.15) is 0 Å². The van der Waals surface area contributed by atoms with Crippen molar-refractivity contribution in [3.8, 4) is 5.75 Å². The van der Waals surface area contributed by atoms with E-state index in [1.807, 2.05) is 18.2 Å². The molecule has 1 rings (SSSR count). The number of nitrogens with two attached hydrogens (primary N) is 1. The summed E-state index contributed by atoms with van der Waals surface area (Å²) in [6, 6.07) is 5.98. The van der Waals surface area contributed by atoms with E-state index in [-0.39, 0.29) is 18.4 Å². The summed E-state index contributed by atoms with van der Waals surface area (Å²) in [6.45, 7) is 4.31. The van der Waals surface area contributed by atoms with E-state index in [2.05, 4.69) is 29.8 Å². The predicted octanol–water partition coefficient (Wildman–Crippen LogP) is 3.93. The van der Waals surface area contributed by atoms with Crippen LogP contribution >= 0.6 is 28.3 Å². The Labute approximate surface area is 112 Å². The van der Waals surface area contributed by atoms with Gasteiger partial charge in [0.15, 0.2) is 0 Å². The first-order chi connectivity index (χ1) is 7.10. The molecule has 1 unspecified atom stereocenters. The maximum atomic E-state index is 6.19.